The largest absolute Gasteiger partial charge is 0.323 e. The molecule has 0 spiro atoms. The Kier molecular flexibility index (Phi) is 4.29. The van der Waals surface area contributed by atoms with E-state index in [0.717, 1.165) is 31.3 Å². The number of nitrogens with one attached hydrogen (secondary N) is 2. The molecule has 0 bridgehead atoms. The molecule has 0 saturated carbocycles. The van der Waals surface area contributed by atoms with Gasteiger partial charge in [0.2, 0.25) is 0 Å². The highest BCUT2D eigenvalue weighted by Gasteiger charge is 2.07. The zero-order valence-corrected chi connectivity index (χ0v) is 14.2. The molecule has 4 heteroatoms. The lowest BCUT2D eigenvalue weighted by atomic mass is 10.1. The van der Waals surface area contributed by atoms with Gasteiger partial charge in [0.25, 0.3) is 0 Å². The van der Waals surface area contributed by atoms with Gasteiger partial charge in [-0.2, -0.15) is 0 Å². The van der Waals surface area contributed by atoms with E-state index in [-0.39, 0.29) is 6.03 Å². The molecule has 0 atom stereocenters. The predicted octanol–water partition coefficient (Wildman–Crippen LogP) is 5.40. The van der Waals surface area contributed by atoms with Gasteiger partial charge in [-0.25, -0.2) is 4.79 Å². The minimum atomic E-state index is -0.235. The van der Waals surface area contributed by atoms with Crippen LogP contribution in [-0.4, -0.2) is 6.03 Å². The summed E-state index contributed by atoms with van der Waals surface area (Å²) in [5, 5.41) is 7.95. The van der Waals surface area contributed by atoms with Crippen molar-refractivity contribution in [3.8, 4) is 0 Å². The van der Waals surface area contributed by atoms with Crippen molar-refractivity contribution in [1.82, 2.24) is 0 Å². The highest BCUT2D eigenvalue weighted by atomic mass is 127. The first-order valence-electron chi connectivity index (χ1n) is 6.95. The number of hydrogen-bond acceptors (Lipinski definition) is 1. The molecule has 0 fully saturated rings. The monoisotopic (exact) mass is 402 g/mol. The van der Waals surface area contributed by atoms with E-state index < -0.39 is 0 Å². The number of carbonyl (C=O) groups excluding carboxylic acids is 1. The SMILES string of the molecule is Cc1cc(I)ccc1NC(=O)Nc1cccc2ccccc12. The van der Waals surface area contributed by atoms with Crippen LogP contribution in [0.25, 0.3) is 10.8 Å². The van der Waals surface area contributed by atoms with Crippen LogP contribution in [0.2, 0.25) is 0 Å². The summed E-state index contributed by atoms with van der Waals surface area (Å²) in [7, 11) is 0. The van der Waals surface area contributed by atoms with E-state index in [4.69, 9.17) is 0 Å². The smallest absolute Gasteiger partial charge is 0.307 e. The quantitative estimate of drug-likeness (QED) is 0.554. The Bertz CT molecular complexity index is 840. The zero-order valence-electron chi connectivity index (χ0n) is 12.1. The molecule has 3 aromatic rings. The second kappa shape index (κ2) is 6.36. The van der Waals surface area contributed by atoms with Crippen LogP contribution in [0.4, 0.5) is 16.2 Å². The molecule has 3 nitrogen and oxygen atoms in total. The molecule has 0 unspecified atom stereocenters. The van der Waals surface area contributed by atoms with Gasteiger partial charge >= 0.3 is 6.03 Å². The molecule has 2 N–H and O–H groups in total. The topological polar surface area (TPSA) is 41.1 Å². The van der Waals surface area contributed by atoms with Crippen LogP contribution in [-0.2, 0) is 0 Å². The van der Waals surface area contributed by atoms with Crippen molar-refractivity contribution in [2.45, 2.75) is 6.92 Å². The Balaban J connectivity index is 1.81. The lowest BCUT2D eigenvalue weighted by molar-refractivity contribution is 0.262. The number of fused-ring (bicyclic) bond motifs is 1. The average molecular weight is 402 g/mol. The van der Waals surface area contributed by atoms with E-state index in [0.29, 0.717) is 0 Å². The Labute approximate surface area is 142 Å². The van der Waals surface area contributed by atoms with Gasteiger partial charge in [0.15, 0.2) is 0 Å². The molecular formula is C18H15IN2O. The molecule has 110 valence electrons. The summed E-state index contributed by atoms with van der Waals surface area (Å²) < 4.78 is 1.15. The van der Waals surface area contributed by atoms with Gasteiger partial charge in [-0.1, -0.05) is 36.4 Å². The van der Waals surface area contributed by atoms with E-state index in [1.807, 2.05) is 67.6 Å². The van der Waals surface area contributed by atoms with Crippen molar-refractivity contribution in [2.75, 3.05) is 10.6 Å². The summed E-state index contributed by atoms with van der Waals surface area (Å²) in [6, 6.07) is 19.5. The molecule has 0 aliphatic carbocycles. The number of rotatable bonds is 2. The standard InChI is InChI=1S/C18H15IN2O/c1-12-11-14(19)9-10-16(12)20-18(22)21-17-8-4-6-13-5-2-3-7-15(13)17/h2-11H,1H3,(H2,20,21,22). The van der Waals surface area contributed by atoms with Gasteiger partial charge in [0.05, 0.1) is 5.69 Å². The van der Waals surface area contributed by atoms with Crippen LogP contribution in [0.1, 0.15) is 5.56 Å². The van der Waals surface area contributed by atoms with Crippen molar-refractivity contribution in [2.24, 2.45) is 0 Å². The number of aryl methyl sites for hydroxylation is 1. The van der Waals surface area contributed by atoms with Crippen molar-refractivity contribution in [3.63, 3.8) is 0 Å². The number of urea groups is 1. The Morgan fingerprint density at radius 2 is 1.64 bits per heavy atom. The Morgan fingerprint density at radius 3 is 2.45 bits per heavy atom. The van der Waals surface area contributed by atoms with Crippen molar-refractivity contribution in [1.29, 1.82) is 0 Å². The van der Waals surface area contributed by atoms with Crippen molar-refractivity contribution < 1.29 is 4.79 Å². The van der Waals surface area contributed by atoms with Gasteiger partial charge < -0.3 is 10.6 Å². The number of anilines is 2. The Hall–Kier alpha value is -2.08. The molecule has 2 amide bonds. The van der Waals surface area contributed by atoms with Crippen LogP contribution in [0.5, 0.6) is 0 Å². The fourth-order valence-electron chi connectivity index (χ4n) is 2.38. The highest BCUT2D eigenvalue weighted by molar-refractivity contribution is 14.1. The number of halogens is 1. The minimum Gasteiger partial charge on any atom is -0.307 e. The normalized spacial score (nSPS) is 10.5. The molecule has 3 aromatic carbocycles. The van der Waals surface area contributed by atoms with Crippen LogP contribution in [0, 0.1) is 10.5 Å². The molecule has 0 radical (unpaired) electrons. The van der Waals surface area contributed by atoms with Gasteiger partial charge in [0, 0.05) is 14.6 Å². The van der Waals surface area contributed by atoms with Crippen LogP contribution >= 0.6 is 22.6 Å². The molecule has 0 aliphatic rings. The Morgan fingerprint density at radius 1 is 0.909 bits per heavy atom. The number of hydrogen-bond donors (Lipinski definition) is 2. The van der Waals surface area contributed by atoms with E-state index in [9.17, 15) is 4.79 Å². The van der Waals surface area contributed by atoms with Crippen LogP contribution in [0.15, 0.2) is 60.7 Å². The van der Waals surface area contributed by atoms with E-state index in [1.165, 1.54) is 0 Å². The lowest BCUT2D eigenvalue weighted by Gasteiger charge is -2.12. The lowest BCUT2D eigenvalue weighted by Crippen LogP contribution is -2.20. The first kappa shape index (κ1) is 14.8. The fourth-order valence-corrected chi connectivity index (χ4v) is 3.02. The molecular weight excluding hydrogens is 387 g/mol. The summed E-state index contributed by atoms with van der Waals surface area (Å²) in [6.07, 6.45) is 0. The molecule has 3 rings (SSSR count). The summed E-state index contributed by atoms with van der Waals surface area (Å²) in [4.78, 5) is 12.2. The molecule has 0 aliphatic heterocycles. The molecule has 0 aromatic heterocycles. The summed E-state index contributed by atoms with van der Waals surface area (Å²) in [5.41, 5.74) is 2.66. The third-order valence-electron chi connectivity index (χ3n) is 3.47. The summed E-state index contributed by atoms with van der Waals surface area (Å²) in [5.74, 6) is 0. The highest BCUT2D eigenvalue weighted by Crippen LogP contribution is 2.23. The number of carbonyl (C=O) groups is 1. The molecule has 0 heterocycles. The summed E-state index contributed by atoms with van der Waals surface area (Å²) >= 11 is 2.26. The van der Waals surface area contributed by atoms with E-state index in [2.05, 4.69) is 33.2 Å². The fraction of sp³-hybridized carbons (Fsp3) is 0.0556. The van der Waals surface area contributed by atoms with Crippen molar-refractivity contribution >= 4 is 50.8 Å². The first-order chi connectivity index (χ1) is 10.6. The van der Waals surface area contributed by atoms with Gasteiger partial charge in [0.1, 0.15) is 0 Å². The van der Waals surface area contributed by atoms with Gasteiger partial charge in [-0.15, -0.1) is 0 Å². The average Bonchev–Trinajstić information content (AvgIpc) is 2.50. The van der Waals surface area contributed by atoms with Gasteiger partial charge in [-0.05, 0) is 64.7 Å². The maximum absolute atomic E-state index is 12.2. The van der Waals surface area contributed by atoms with Crippen LogP contribution in [0.3, 0.4) is 0 Å². The third kappa shape index (κ3) is 3.22. The molecule has 22 heavy (non-hydrogen) atoms. The second-order valence-corrected chi connectivity index (χ2v) is 6.31. The number of amides is 2. The number of benzene rings is 3. The van der Waals surface area contributed by atoms with E-state index >= 15 is 0 Å². The van der Waals surface area contributed by atoms with Gasteiger partial charge in [-0.3, -0.25) is 0 Å². The maximum Gasteiger partial charge on any atom is 0.323 e. The first-order valence-corrected chi connectivity index (χ1v) is 8.03. The molecule has 0 saturated heterocycles. The minimum absolute atomic E-state index is 0.235. The zero-order chi connectivity index (χ0) is 15.5. The van der Waals surface area contributed by atoms with Crippen LogP contribution < -0.4 is 10.6 Å². The summed E-state index contributed by atoms with van der Waals surface area (Å²) in [6.45, 7) is 1.98. The van der Waals surface area contributed by atoms with Crippen molar-refractivity contribution in [3.05, 3.63) is 69.8 Å². The van der Waals surface area contributed by atoms with E-state index in [1.54, 1.807) is 0 Å². The predicted molar refractivity (Wildman–Crippen MR) is 100 cm³/mol. The third-order valence-corrected chi connectivity index (χ3v) is 4.15. The maximum atomic E-state index is 12.2. The second-order valence-electron chi connectivity index (χ2n) is 5.07.